The monoisotopic (exact) mass is 265 g/mol. The van der Waals surface area contributed by atoms with Crippen LogP contribution in [0.25, 0.3) is 0 Å². The second-order valence-electron chi connectivity index (χ2n) is 4.65. The largest absolute Gasteiger partial charge is 0.417 e. The van der Waals surface area contributed by atoms with E-state index in [1.54, 1.807) is 0 Å². The van der Waals surface area contributed by atoms with E-state index in [0.29, 0.717) is 19.0 Å². The maximum atomic E-state index is 13.2. The summed E-state index contributed by atoms with van der Waals surface area (Å²) in [6.45, 7) is 0. The number of pyridine rings is 1. The molecular weight excluding hydrogens is 253 g/mol. The van der Waals surface area contributed by atoms with Gasteiger partial charge in [0.15, 0.2) is 0 Å². The van der Waals surface area contributed by atoms with E-state index in [0.717, 1.165) is 6.07 Å². The summed E-state index contributed by atoms with van der Waals surface area (Å²) < 4.78 is 64.0. The van der Waals surface area contributed by atoms with Crippen molar-refractivity contribution >= 4 is 0 Å². The Bertz CT molecular complexity index is 427. The van der Waals surface area contributed by atoms with Crippen LogP contribution in [0, 0.1) is 0 Å². The van der Waals surface area contributed by atoms with Crippen LogP contribution in [0.15, 0.2) is 18.5 Å². The van der Waals surface area contributed by atoms with E-state index >= 15 is 0 Å². The molecule has 2 rings (SSSR count). The minimum absolute atomic E-state index is 0.185. The van der Waals surface area contributed by atoms with E-state index in [9.17, 15) is 22.0 Å². The van der Waals surface area contributed by atoms with E-state index in [1.165, 1.54) is 6.20 Å². The summed E-state index contributed by atoms with van der Waals surface area (Å²) in [7, 11) is 0. The summed E-state index contributed by atoms with van der Waals surface area (Å²) in [6, 6.07) is 0.930. The average molecular weight is 265 g/mol. The fraction of sp³-hybridized carbons (Fsp3) is 0.583. The quantitative estimate of drug-likeness (QED) is 0.686. The SMILES string of the molecule is FC1(F)CCCC(c2cncc(C(F)(F)F)c2)C1. The number of alkyl halides is 5. The van der Waals surface area contributed by atoms with Gasteiger partial charge in [-0.15, -0.1) is 0 Å². The number of hydrogen-bond acceptors (Lipinski definition) is 1. The Balaban J connectivity index is 2.23. The van der Waals surface area contributed by atoms with Gasteiger partial charge < -0.3 is 0 Å². The highest BCUT2D eigenvalue weighted by atomic mass is 19.4. The predicted octanol–water partition coefficient (Wildman–Crippen LogP) is 4.39. The molecule has 0 bridgehead atoms. The molecule has 1 unspecified atom stereocenters. The van der Waals surface area contributed by atoms with Crippen LogP contribution in [0.3, 0.4) is 0 Å². The number of rotatable bonds is 1. The van der Waals surface area contributed by atoms with Crippen molar-refractivity contribution in [3.05, 3.63) is 29.6 Å². The van der Waals surface area contributed by atoms with Crippen LogP contribution in [0.4, 0.5) is 22.0 Å². The van der Waals surface area contributed by atoms with Crippen LogP contribution in [0.1, 0.15) is 42.7 Å². The third-order valence-electron chi connectivity index (χ3n) is 3.20. The van der Waals surface area contributed by atoms with E-state index in [-0.39, 0.29) is 12.0 Å². The lowest BCUT2D eigenvalue weighted by molar-refractivity contribution is -0.137. The first-order chi connectivity index (χ1) is 8.28. The average Bonchev–Trinajstić information content (AvgIpc) is 2.27. The molecule has 1 saturated carbocycles. The number of hydrogen-bond donors (Lipinski definition) is 0. The highest BCUT2D eigenvalue weighted by Gasteiger charge is 2.38. The van der Waals surface area contributed by atoms with Crippen molar-refractivity contribution in [3.63, 3.8) is 0 Å². The van der Waals surface area contributed by atoms with Crippen LogP contribution in [-0.4, -0.2) is 10.9 Å². The zero-order valence-corrected chi connectivity index (χ0v) is 9.47. The van der Waals surface area contributed by atoms with Gasteiger partial charge in [-0.05, 0) is 30.4 Å². The van der Waals surface area contributed by atoms with Crippen LogP contribution in [-0.2, 0) is 6.18 Å². The maximum absolute atomic E-state index is 13.2. The van der Waals surface area contributed by atoms with Gasteiger partial charge in [-0.3, -0.25) is 4.98 Å². The molecule has 0 radical (unpaired) electrons. The lowest BCUT2D eigenvalue weighted by Crippen LogP contribution is -2.25. The second-order valence-corrected chi connectivity index (χ2v) is 4.65. The fourth-order valence-corrected chi connectivity index (χ4v) is 2.29. The molecule has 0 saturated heterocycles. The van der Waals surface area contributed by atoms with Gasteiger partial charge in [-0.1, -0.05) is 0 Å². The topological polar surface area (TPSA) is 12.9 Å². The molecule has 6 heteroatoms. The van der Waals surface area contributed by atoms with Crippen molar-refractivity contribution in [2.75, 3.05) is 0 Å². The Morgan fingerprint density at radius 1 is 1.22 bits per heavy atom. The standard InChI is InChI=1S/C12H12F5N/c13-11(14)3-1-2-8(5-11)9-4-10(7-18-6-9)12(15,16)17/h4,6-8H,1-3,5H2. The molecule has 1 aromatic rings. The third-order valence-corrected chi connectivity index (χ3v) is 3.20. The first-order valence-electron chi connectivity index (χ1n) is 5.68. The summed E-state index contributed by atoms with van der Waals surface area (Å²) in [4.78, 5) is 3.51. The van der Waals surface area contributed by atoms with Crippen molar-refractivity contribution in [1.82, 2.24) is 4.98 Å². The highest BCUT2D eigenvalue weighted by Crippen LogP contribution is 2.42. The Morgan fingerprint density at radius 3 is 2.56 bits per heavy atom. The van der Waals surface area contributed by atoms with Gasteiger partial charge in [-0.25, -0.2) is 8.78 Å². The second kappa shape index (κ2) is 4.48. The van der Waals surface area contributed by atoms with Crippen LogP contribution >= 0.6 is 0 Å². The van der Waals surface area contributed by atoms with Crippen molar-refractivity contribution in [2.24, 2.45) is 0 Å². The molecule has 1 nitrogen and oxygen atoms in total. The Hall–Kier alpha value is -1.20. The molecule has 1 aliphatic carbocycles. The van der Waals surface area contributed by atoms with Gasteiger partial charge in [0.1, 0.15) is 0 Å². The van der Waals surface area contributed by atoms with Gasteiger partial charge in [0.05, 0.1) is 5.56 Å². The van der Waals surface area contributed by atoms with Gasteiger partial charge in [0.2, 0.25) is 5.92 Å². The van der Waals surface area contributed by atoms with Gasteiger partial charge in [0, 0.05) is 25.2 Å². The molecule has 1 atom stereocenters. The molecule has 1 aliphatic rings. The van der Waals surface area contributed by atoms with Crippen molar-refractivity contribution in [1.29, 1.82) is 0 Å². The minimum Gasteiger partial charge on any atom is -0.264 e. The molecule has 1 heterocycles. The van der Waals surface area contributed by atoms with E-state index < -0.39 is 30.0 Å². The van der Waals surface area contributed by atoms with E-state index in [2.05, 4.69) is 4.98 Å². The third kappa shape index (κ3) is 2.97. The maximum Gasteiger partial charge on any atom is 0.417 e. The minimum atomic E-state index is -4.49. The van der Waals surface area contributed by atoms with Gasteiger partial charge in [0.25, 0.3) is 0 Å². The molecular formula is C12H12F5N. The summed E-state index contributed by atoms with van der Waals surface area (Å²) in [5.41, 5.74) is -0.627. The van der Waals surface area contributed by atoms with E-state index in [1.807, 2.05) is 0 Å². The Kier molecular flexibility index (Phi) is 3.29. The van der Waals surface area contributed by atoms with Crippen molar-refractivity contribution < 1.29 is 22.0 Å². The Labute approximate surface area is 101 Å². The summed E-state index contributed by atoms with van der Waals surface area (Å²) in [5, 5.41) is 0. The van der Waals surface area contributed by atoms with Crippen LogP contribution in [0.5, 0.6) is 0 Å². The molecule has 1 fully saturated rings. The molecule has 0 N–H and O–H groups in total. The lowest BCUT2D eigenvalue weighted by atomic mass is 9.82. The normalized spacial score (nSPS) is 23.9. The van der Waals surface area contributed by atoms with Gasteiger partial charge >= 0.3 is 6.18 Å². The number of aromatic nitrogens is 1. The Morgan fingerprint density at radius 2 is 1.94 bits per heavy atom. The van der Waals surface area contributed by atoms with Crippen LogP contribution < -0.4 is 0 Å². The number of nitrogens with zero attached hydrogens (tertiary/aromatic N) is 1. The zero-order valence-electron chi connectivity index (χ0n) is 9.47. The molecule has 0 amide bonds. The smallest absolute Gasteiger partial charge is 0.264 e. The summed E-state index contributed by atoms with van der Waals surface area (Å²) >= 11 is 0. The molecule has 0 aromatic carbocycles. The van der Waals surface area contributed by atoms with Crippen molar-refractivity contribution in [3.8, 4) is 0 Å². The molecule has 100 valence electrons. The first kappa shape index (κ1) is 13.2. The predicted molar refractivity (Wildman–Crippen MR) is 55.4 cm³/mol. The lowest BCUT2D eigenvalue weighted by Gasteiger charge is -2.29. The summed E-state index contributed by atoms with van der Waals surface area (Å²) in [6.07, 6.45) is -2.29. The molecule has 1 aromatic heterocycles. The fourth-order valence-electron chi connectivity index (χ4n) is 2.29. The van der Waals surface area contributed by atoms with Crippen LogP contribution in [0.2, 0.25) is 0 Å². The van der Waals surface area contributed by atoms with Crippen molar-refractivity contribution in [2.45, 2.75) is 43.7 Å². The van der Waals surface area contributed by atoms with E-state index in [4.69, 9.17) is 0 Å². The summed E-state index contributed by atoms with van der Waals surface area (Å²) in [5.74, 6) is -3.32. The highest BCUT2D eigenvalue weighted by molar-refractivity contribution is 5.24. The van der Waals surface area contributed by atoms with Gasteiger partial charge in [-0.2, -0.15) is 13.2 Å². The molecule has 0 aliphatic heterocycles. The zero-order chi connectivity index (χ0) is 13.4. The first-order valence-corrected chi connectivity index (χ1v) is 5.68. The molecule has 0 spiro atoms. The molecule has 18 heavy (non-hydrogen) atoms. The number of halogens is 5.